The number of benzene rings is 2. The molecular weight excluding hydrogens is 484 g/mol. The van der Waals surface area contributed by atoms with Crippen molar-refractivity contribution < 1.29 is 28.0 Å². The summed E-state index contributed by atoms with van der Waals surface area (Å²) in [5.74, 6) is -0.548. The Morgan fingerprint density at radius 2 is 1.81 bits per heavy atom. The van der Waals surface area contributed by atoms with E-state index in [1.807, 2.05) is 59.7 Å². The van der Waals surface area contributed by atoms with Gasteiger partial charge in [0.25, 0.3) is 0 Å². The van der Waals surface area contributed by atoms with Crippen LogP contribution in [0.4, 0.5) is 4.39 Å². The Balaban J connectivity index is 1.71. The molecule has 1 heterocycles. The third-order valence-corrected chi connectivity index (χ3v) is 8.04. The van der Waals surface area contributed by atoms with Gasteiger partial charge in [0.05, 0.1) is 29.9 Å². The highest BCUT2D eigenvalue weighted by Gasteiger charge is 2.52. The molecule has 1 aliphatic heterocycles. The van der Waals surface area contributed by atoms with Crippen molar-refractivity contribution in [1.82, 2.24) is 5.32 Å². The van der Waals surface area contributed by atoms with Crippen LogP contribution in [0.1, 0.15) is 58.6 Å². The molecule has 0 bridgehead atoms. The smallest absolute Gasteiger partial charge is 0.493 e. The minimum atomic E-state index is -0.774. The Morgan fingerprint density at radius 3 is 2.36 bits per heavy atom. The van der Waals surface area contributed by atoms with Gasteiger partial charge in [0, 0.05) is 17.7 Å². The summed E-state index contributed by atoms with van der Waals surface area (Å²) in [5, 5.41) is 3.14. The number of nitrogens with one attached hydrogen (secondary N) is 1. The number of carbonyl (C=O) groups is 1. The fraction of sp³-hybridized carbons (Fsp3) is 0.519. The minimum Gasteiger partial charge on any atom is -0.493 e. The summed E-state index contributed by atoms with van der Waals surface area (Å²) in [5.41, 5.74) is 1.57. The van der Waals surface area contributed by atoms with Crippen molar-refractivity contribution in [2.45, 2.75) is 77.7 Å². The van der Waals surface area contributed by atoms with Crippen LogP contribution in [0.5, 0.6) is 5.75 Å². The van der Waals surface area contributed by atoms with Crippen LogP contribution in [0.25, 0.3) is 11.1 Å². The average molecular weight is 518 g/mol. The van der Waals surface area contributed by atoms with Gasteiger partial charge >= 0.3 is 13.1 Å². The molecule has 0 atom stereocenters. The molecule has 2 aromatic rings. The fourth-order valence-corrected chi connectivity index (χ4v) is 4.76. The summed E-state index contributed by atoms with van der Waals surface area (Å²) in [7, 11) is 0.795. The largest absolute Gasteiger partial charge is 0.495 e. The van der Waals surface area contributed by atoms with Gasteiger partial charge in [0.15, 0.2) is 5.82 Å². The van der Waals surface area contributed by atoms with Crippen LogP contribution >= 0.6 is 11.6 Å². The van der Waals surface area contributed by atoms with Crippen molar-refractivity contribution in [2.24, 2.45) is 0 Å². The molecule has 0 aromatic heterocycles. The van der Waals surface area contributed by atoms with E-state index >= 15 is 4.39 Å². The van der Waals surface area contributed by atoms with Gasteiger partial charge in [-0.05, 0) is 77.0 Å². The summed E-state index contributed by atoms with van der Waals surface area (Å²) in [6.07, 6.45) is 1.28. The van der Waals surface area contributed by atoms with E-state index in [4.69, 9.17) is 30.4 Å². The first kappa shape index (κ1) is 26.9. The highest BCUT2D eigenvalue weighted by Crippen LogP contribution is 2.42. The van der Waals surface area contributed by atoms with E-state index in [1.165, 1.54) is 7.11 Å². The number of carbonyl (C=O) groups excluding carboxylic acids is 1. The molecule has 1 aliphatic carbocycles. The predicted molar refractivity (Wildman–Crippen MR) is 139 cm³/mol. The predicted octanol–water partition coefficient (Wildman–Crippen LogP) is 4.95. The zero-order valence-electron chi connectivity index (χ0n) is 22.0. The standard InChI is InChI=1S/C27H34BClFNO5/c1-8-34-21-14-18(22(29)23(30)19(21)15-31-27(12-13-27)24(32)33-7)17-10-9-11-20(16(17)2)28-35-25(3,4)26(5,6)36-28/h9-11,14,31H,8,12-13,15H2,1-7H3. The third-order valence-electron chi connectivity index (χ3n) is 7.67. The Morgan fingerprint density at radius 1 is 1.17 bits per heavy atom. The van der Waals surface area contributed by atoms with Gasteiger partial charge in [-0.1, -0.05) is 29.8 Å². The van der Waals surface area contributed by atoms with Crippen molar-refractivity contribution in [3.63, 3.8) is 0 Å². The molecule has 1 N–H and O–H groups in total. The minimum absolute atomic E-state index is 0.00710. The Hall–Kier alpha value is -2.13. The molecule has 0 spiro atoms. The van der Waals surface area contributed by atoms with Crippen LogP contribution < -0.4 is 15.5 Å². The molecule has 6 nitrogen and oxygen atoms in total. The van der Waals surface area contributed by atoms with Gasteiger partial charge in [-0.15, -0.1) is 0 Å². The second kappa shape index (κ2) is 9.64. The van der Waals surface area contributed by atoms with Crippen molar-refractivity contribution in [2.75, 3.05) is 13.7 Å². The maximum Gasteiger partial charge on any atom is 0.495 e. The van der Waals surface area contributed by atoms with Crippen LogP contribution in [-0.4, -0.2) is 43.5 Å². The number of hydrogen-bond donors (Lipinski definition) is 1. The zero-order valence-corrected chi connectivity index (χ0v) is 22.8. The Bertz CT molecular complexity index is 1170. The van der Waals surface area contributed by atoms with Crippen LogP contribution in [0.3, 0.4) is 0 Å². The number of rotatable bonds is 8. The highest BCUT2D eigenvalue weighted by molar-refractivity contribution is 6.62. The van der Waals surface area contributed by atoms with E-state index < -0.39 is 29.7 Å². The number of methoxy groups -OCH3 is 1. The van der Waals surface area contributed by atoms with Crippen LogP contribution in [-0.2, 0) is 25.4 Å². The zero-order chi connectivity index (χ0) is 26.5. The molecule has 2 fully saturated rings. The van der Waals surface area contributed by atoms with Crippen LogP contribution in [0, 0.1) is 12.7 Å². The summed E-state index contributed by atoms with van der Waals surface area (Å²) in [6.45, 7) is 12.2. The highest BCUT2D eigenvalue weighted by atomic mass is 35.5. The first-order valence-electron chi connectivity index (χ1n) is 12.3. The van der Waals surface area contributed by atoms with E-state index in [0.717, 1.165) is 16.6 Å². The van der Waals surface area contributed by atoms with Crippen LogP contribution in [0.2, 0.25) is 5.02 Å². The van der Waals surface area contributed by atoms with Gasteiger partial charge in [0.1, 0.15) is 11.3 Å². The third kappa shape index (κ3) is 4.65. The molecule has 0 radical (unpaired) electrons. The number of hydrogen-bond acceptors (Lipinski definition) is 6. The summed E-state index contributed by atoms with van der Waals surface area (Å²) in [4.78, 5) is 12.1. The van der Waals surface area contributed by atoms with Gasteiger partial charge < -0.3 is 18.8 Å². The Labute approximate surface area is 217 Å². The van der Waals surface area contributed by atoms with E-state index in [9.17, 15) is 4.79 Å². The maximum absolute atomic E-state index is 15.7. The van der Waals surface area contributed by atoms with Gasteiger partial charge in [-0.3, -0.25) is 10.1 Å². The second-order valence-corrected chi connectivity index (χ2v) is 10.9. The van der Waals surface area contributed by atoms with E-state index in [1.54, 1.807) is 6.07 Å². The summed E-state index contributed by atoms with van der Waals surface area (Å²) < 4.78 is 39.0. The lowest BCUT2D eigenvalue weighted by Crippen LogP contribution is -2.41. The van der Waals surface area contributed by atoms with Gasteiger partial charge in [0.2, 0.25) is 0 Å². The fourth-order valence-electron chi connectivity index (χ4n) is 4.49. The molecule has 2 aliphatic rings. The lowest BCUT2D eigenvalue weighted by molar-refractivity contribution is -0.144. The number of esters is 1. The number of ether oxygens (including phenoxy) is 2. The average Bonchev–Trinajstić information content (AvgIpc) is 3.57. The molecule has 4 rings (SSSR count). The number of halogens is 2. The monoisotopic (exact) mass is 517 g/mol. The normalized spacial score (nSPS) is 19.3. The molecule has 36 heavy (non-hydrogen) atoms. The molecule has 1 saturated carbocycles. The molecule has 9 heteroatoms. The van der Waals surface area contributed by atoms with Crippen molar-refractivity contribution in [3.05, 3.63) is 46.2 Å². The van der Waals surface area contributed by atoms with E-state index in [0.29, 0.717) is 30.8 Å². The summed E-state index contributed by atoms with van der Waals surface area (Å²) in [6, 6.07) is 7.50. The molecule has 0 unspecified atom stereocenters. The van der Waals surface area contributed by atoms with Gasteiger partial charge in [-0.2, -0.15) is 0 Å². The van der Waals surface area contributed by atoms with Crippen molar-refractivity contribution >= 4 is 30.2 Å². The van der Waals surface area contributed by atoms with E-state index in [2.05, 4.69) is 5.32 Å². The van der Waals surface area contributed by atoms with Crippen LogP contribution in [0.15, 0.2) is 24.3 Å². The van der Waals surface area contributed by atoms with Crippen molar-refractivity contribution in [1.29, 1.82) is 0 Å². The summed E-state index contributed by atoms with van der Waals surface area (Å²) >= 11 is 6.62. The molecule has 2 aromatic carbocycles. The lowest BCUT2D eigenvalue weighted by atomic mass is 9.74. The SMILES string of the molecule is CCOc1cc(-c2cccc(B3OC(C)(C)C(C)(C)O3)c2C)c(Cl)c(F)c1CNC1(C(=O)OC)CC1. The topological polar surface area (TPSA) is 66.0 Å². The van der Waals surface area contributed by atoms with Gasteiger partial charge in [-0.25, -0.2) is 4.39 Å². The Kier molecular flexibility index (Phi) is 7.21. The molecule has 194 valence electrons. The maximum atomic E-state index is 15.7. The molecule has 0 amide bonds. The van der Waals surface area contributed by atoms with E-state index in [-0.39, 0.29) is 23.1 Å². The lowest BCUT2D eigenvalue weighted by Gasteiger charge is -2.32. The second-order valence-electron chi connectivity index (χ2n) is 10.5. The molecule has 1 saturated heterocycles. The van der Waals surface area contributed by atoms with Crippen molar-refractivity contribution in [3.8, 4) is 16.9 Å². The quantitative estimate of drug-likeness (QED) is 0.395. The first-order chi connectivity index (χ1) is 16.9. The first-order valence-corrected chi connectivity index (χ1v) is 12.7. The molecular formula is C27H34BClFNO5.